The summed E-state index contributed by atoms with van der Waals surface area (Å²) in [6, 6.07) is 2.63. The van der Waals surface area contributed by atoms with Crippen molar-refractivity contribution in [2.75, 3.05) is 13.6 Å². The van der Waals surface area contributed by atoms with Crippen LogP contribution in [0.4, 0.5) is 0 Å². The van der Waals surface area contributed by atoms with E-state index in [1.807, 2.05) is 14.0 Å². The summed E-state index contributed by atoms with van der Waals surface area (Å²) in [5.41, 5.74) is -0.681. The van der Waals surface area contributed by atoms with E-state index in [0.29, 0.717) is 24.4 Å². The minimum Gasteiger partial charge on any atom is -0.337 e. The lowest BCUT2D eigenvalue weighted by atomic mass is 9.98. The molecule has 1 aliphatic carbocycles. The van der Waals surface area contributed by atoms with E-state index in [9.17, 15) is 10.1 Å². The quantitative estimate of drug-likeness (QED) is 0.767. The lowest BCUT2D eigenvalue weighted by Crippen LogP contribution is -2.50. The zero-order valence-corrected chi connectivity index (χ0v) is 12.9. The Balaban J connectivity index is 2.44. The molecule has 1 fully saturated rings. The van der Waals surface area contributed by atoms with E-state index in [2.05, 4.69) is 37.1 Å². The molecule has 0 bridgehead atoms. The van der Waals surface area contributed by atoms with Crippen LogP contribution in [0.2, 0.25) is 0 Å². The molecule has 4 heteroatoms. The van der Waals surface area contributed by atoms with Crippen LogP contribution in [0.1, 0.15) is 47.0 Å². The van der Waals surface area contributed by atoms with Crippen LogP contribution < -0.4 is 5.32 Å². The van der Waals surface area contributed by atoms with Crippen molar-refractivity contribution < 1.29 is 4.79 Å². The SMILES string of the molecule is CC(C)C[C@@H](C)N(C)CC(=O)N[C@@](C)(C#N)C1CC1. The molecule has 4 nitrogen and oxygen atoms in total. The molecule has 108 valence electrons. The van der Waals surface area contributed by atoms with Gasteiger partial charge in [0.25, 0.3) is 0 Å². The molecule has 2 atom stereocenters. The number of nitriles is 1. The molecular formula is C15H27N3O. The molecule has 1 saturated carbocycles. The largest absolute Gasteiger partial charge is 0.337 e. The van der Waals surface area contributed by atoms with E-state index in [0.717, 1.165) is 19.3 Å². The van der Waals surface area contributed by atoms with E-state index < -0.39 is 5.54 Å². The number of hydrogen-bond donors (Lipinski definition) is 1. The van der Waals surface area contributed by atoms with Crippen molar-refractivity contribution in [3.8, 4) is 6.07 Å². The Hall–Kier alpha value is -1.08. The monoisotopic (exact) mass is 265 g/mol. The molecule has 1 amide bonds. The Labute approximate surface area is 117 Å². The number of nitrogens with one attached hydrogen (secondary N) is 1. The molecular weight excluding hydrogens is 238 g/mol. The predicted molar refractivity (Wildman–Crippen MR) is 76.4 cm³/mol. The van der Waals surface area contributed by atoms with Gasteiger partial charge >= 0.3 is 0 Å². The third kappa shape index (κ3) is 4.83. The first-order valence-corrected chi connectivity index (χ1v) is 7.21. The standard InChI is InChI=1S/C15H27N3O/c1-11(2)8-12(3)18(5)9-14(19)17-15(4,10-16)13-6-7-13/h11-13H,6-9H2,1-5H3,(H,17,19)/t12-,15+/m1/s1. The van der Waals surface area contributed by atoms with Crippen LogP contribution >= 0.6 is 0 Å². The second-order valence-electron chi connectivity index (χ2n) is 6.53. The van der Waals surface area contributed by atoms with Gasteiger partial charge in [0.2, 0.25) is 5.91 Å². The lowest BCUT2D eigenvalue weighted by molar-refractivity contribution is -0.123. The van der Waals surface area contributed by atoms with E-state index in [4.69, 9.17) is 0 Å². The molecule has 1 N–H and O–H groups in total. The second-order valence-corrected chi connectivity index (χ2v) is 6.53. The molecule has 0 saturated heterocycles. The Morgan fingerprint density at radius 3 is 2.47 bits per heavy atom. The van der Waals surface area contributed by atoms with Crippen LogP contribution in [-0.2, 0) is 4.79 Å². The van der Waals surface area contributed by atoms with Crippen molar-refractivity contribution in [2.45, 2.75) is 58.5 Å². The molecule has 1 aliphatic rings. The normalized spacial score (nSPS) is 19.9. The molecule has 0 aliphatic heterocycles. The number of rotatable bonds is 7. The Bertz CT molecular complexity index is 357. The smallest absolute Gasteiger partial charge is 0.235 e. The summed E-state index contributed by atoms with van der Waals surface area (Å²) in [6.45, 7) is 8.70. The molecule has 0 unspecified atom stereocenters. The summed E-state index contributed by atoms with van der Waals surface area (Å²) in [4.78, 5) is 14.1. The molecule has 0 aromatic rings. The van der Waals surface area contributed by atoms with E-state index in [1.54, 1.807) is 0 Å². The minimum absolute atomic E-state index is 0.0472. The summed E-state index contributed by atoms with van der Waals surface area (Å²) in [5.74, 6) is 0.908. The number of hydrogen-bond acceptors (Lipinski definition) is 3. The van der Waals surface area contributed by atoms with Gasteiger partial charge in [0, 0.05) is 6.04 Å². The van der Waals surface area contributed by atoms with Gasteiger partial charge < -0.3 is 5.32 Å². The van der Waals surface area contributed by atoms with Gasteiger partial charge in [-0.25, -0.2) is 0 Å². The van der Waals surface area contributed by atoms with Crippen molar-refractivity contribution in [1.29, 1.82) is 5.26 Å². The molecule has 0 heterocycles. The van der Waals surface area contributed by atoms with Gasteiger partial charge in [0.15, 0.2) is 0 Å². The van der Waals surface area contributed by atoms with E-state index in [1.165, 1.54) is 0 Å². The van der Waals surface area contributed by atoms with Gasteiger partial charge in [0.1, 0.15) is 5.54 Å². The molecule has 0 aromatic carbocycles. The highest BCUT2D eigenvalue weighted by atomic mass is 16.2. The molecule has 1 rings (SSSR count). The van der Waals surface area contributed by atoms with Crippen LogP contribution in [0.3, 0.4) is 0 Å². The summed E-state index contributed by atoms with van der Waals surface area (Å²) in [6.07, 6.45) is 3.16. The van der Waals surface area contributed by atoms with Crippen molar-refractivity contribution in [3.05, 3.63) is 0 Å². The Morgan fingerprint density at radius 2 is 2.05 bits per heavy atom. The topological polar surface area (TPSA) is 56.1 Å². The number of carbonyl (C=O) groups is 1. The van der Waals surface area contributed by atoms with Crippen LogP contribution in [0.15, 0.2) is 0 Å². The maximum atomic E-state index is 12.0. The van der Waals surface area contributed by atoms with Crippen LogP contribution in [0.5, 0.6) is 0 Å². The first kappa shape index (κ1) is 16.0. The zero-order chi connectivity index (χ0) is 14.6. The summed E-state index contributed by atoms with van der Waals surface area (Å²) in [5, 5.41) is 12.1. The summed E-state index contributed by atoms with van der Waals surface area (Å²) < 4.78 is 0. The highest BCUT2D eigenvalue weighted by molar-refractivity contribution is 5.79. The number of nitrogens with zero attached hydrogens (tertiary/aromatic N) is 2. The average Bonchev–Trinajstić information content (AvgIpc) is 3.11. The predicted octanol–water partition coefficient (Wildman–Crippen LogP) is 2.16. The van der Waals surface area contributed by atoms with Crippen LogP contribution in [0, 0.1) is 23.2 Å². The third-order valence-corrected chi connectivity index (χ3v) is 3.98. The van der Waals surface area contributed by atoms with Crippen molar-refractivity contribution in [1.82, 2.24) is 10.2 Å². The molecule has 0 aromatic heterocycles. The molecule has 0 spiro atoms. The van der Waals surface area contributed by atoms with Crippen LogP contribution in [0.25, 0.3) is 0 Å². The number of carbonyl (C=O) groups excluding carboxylic acids is 1. The van der Waals surface area contributed by atoms with Gasteiger partial charge in [-0.15, -0.1) is 0 Å². The number of likely N-dealkylation sites (N-methyl/N-ethyl adjacent to an activating group) is 1. The van der Waals surface area contributed by atoms with Gasteiger partial charge in [-0.05, 0) is 52.0 Å². The Kier molecular flexibility index (Phi) is 5.37. The van der Waals surface area contributed by atoms with E-state index >= 15 is 0 Å². The van der Waals surface area contributed by atoms with Gasteiger partial charge in [0.05, 0.1) is 12.6 Å². The average molecular weight is 265 g/mol. The van der Waals surface area contributed by atoms with Crippen molar-refractivity contribution >= 4 is 5.91 Å². The zero-order valence-electron chi connectivity index (χ0n) is 12.9. The lowest BCUT2D eigenvalue weighted by Gasteiger charge is -2.28. The van der Waals surface area contributed by atoms with Crippen LogP contribution in [-0.4, -0.2) is 36.0 Å². The maximum Gasteiger partial charge on any atom is 0.235 e. The molecule has 19 heavy (non-hydrogen) atoms. The van der Waals surface area contributed by atoms with Gasteiger partial charge in [-0.3, -0.25) is 9.69 Å². The fourth-order valence-corrected chi connectivity index (χ4v) is 2.46. The second kappa shape index (κ2) is 6.38. The highest BCUT2D eigenvalue weighted by Gasteiger charge is 2.43. The van der Waals surface area contributed by atoms with Crippen molar-refractivity contribution in [3.63, 3.8) is 0 Å². The fourth-order valence-electron chi connectivity index (χ4n) is 2.46. The maximum absolute atomic E-state index is 12.0. The first-order chi connectivity index (χ1) is 8.78. The Morgan fingerprint density at radius 1 is 1.47 bits per heavy atom. The highest BCUT2D eigenvalue weighted by Crippen LogP contribution is 2.39. The third-order valence-electron chi connectivity index (χ3n) is 3.98. The van der Waals surface area contributed by atoms with Crippen molar-refractivity contribution in [2.24, 2.45) is 11.8 Å². The summed E-state index contributed by atoms with van der Waals surface area (Å²) >= 11 is 0. The fraction of sp³-hybridized carbons (Fsp3) is 0.867. The van der Waals surface area contributed by atoms with Gasteiger partial charge in [-0.1, -0.05) is 13.8 Å². The van der Waals surface area contributed by atoms with Gasteiger partial charge in [-0.2, -0.15) is 5.26 Å². The number of amides is 1. The summed E-state index contributed by atoms with van der Waals surface area (Å²) in [7, 11) is 1.97. The van der Waals surface area contributed by atoms with E-state index in [-0.39, 0.29) is 5.91 Å². The first-order valence-electron chi connectivity index (χ1n) is 7.21. The minimum atomic E-state index is -0.681. The molecule has 0 radical (unpaired) electrons.